The van der Waals surface area contributed by atoms with E-state index in [4.69, 9.17) is 21.8 Å². The maximum absolute atomic E-state index is 10.4. The maximum atomic E-state index is 10.4. The molecule has 0 aliphatic carbocycles. The highest BCUT2D eigenvalue weighted by atomic mass is 35.5. The van der Waals surface area contributed by atoms with E-state index >= 15 is 0 Å². The summed E-state index contributed by atoms with van der Waals surface area (Å²) in [5.41, 5.74) is 0. The van der Waals surface area contributed by atoms with E-state index in [1.807, 2.05) is 0 Å². The zero-order valence-corrected chi connectivity index (χ0v) is 7.96. The van der Waals surface area contributed by atoms with Gasteiger partial charge in [0.25, 0.3) is 0 Å². The molecule has 4 nitrogen and oxygen atoms in total. The monoisotopic (exact) mass is 208 g/mol. The zero-order valence-electron chi connectivity index (χ0n) is 7.20. The number of carboxylic acid groups (broad SMARTS) is 2. The highest BCUT2D eigenvalue weighted by Gasteiger charge is 2.24. The van der Waals surface area contributed by atoms with Gasteiger partial charge < -0.3 is 10.2 Å². The van der Waals surface area contributed by atoms with Crippen molar-refractivity contribution in [2.45, 2.75) is 25.7 Å². The summed E-state index contributed by atoms with van der Waals surface area (Å²) in [7, 11) is 0. The third kappa shape index (κ3) is 5.47. The van der Waals surface area contributed by atoms with Crippen LogP contribution in [0.15, 0.2) is 0 Å². The van der Waals surface area contributed by atoms with Crippen LogP contribution >= 0.6 is 11.6 Å². The quantitative estimate of drug-likeness (QED) is 0.378. The minimum absolute atomic E-state index is 0.182. The van der Waals surface area contributed by atoms with Gasteiger partial charge in [0.05, 0.1) is 0 Å². The molecule has 13 heavy (non-hydrogen) atoms. The van der Waals surface area contributed by atoms with Gasteiger partial charge in [-0.05, 0) is 12.8 Å². The van der Waals surface area contributed by atoms with Crippen LogP contribution in [-0.2, 0) is 9.59 Å². The average Bonchev–Trinajstić information content (AvgIpc) is 2.02. The summed E-state index contributed by atoms with van der Waals surface area (Å²) in [6.07, 6.45) is 2.35. The molecule has 0 rings (SSSR count). The molecule has 0 fully saturated rings. The molecule has 0 aromatic rings. The number of unbranched alkanes of at least 4 members (excludes halogenated alkanes) is 2. The van der Waals surface area contributed by atoms with Crippen molar-refractivity contribution in [3.63, 3.8) is 0 Å². The van der Waals surface area contributed by atoms with Gasteiger partial charge in [0.2, 0.25) is 0 Å². The van der Waals surface area contributed by atoms with Gasteiger partial charge in [0, 0.05) is 5.88 Å². The first kappa shape index (κ1) is 12.2. The average molecular weight is 209 g/mol. The summed E-state index contributed by atoms with van der Waals surface area (Å²) in [5.74, 6) is -3.27. The Morgan fingerprint density at radius 3 is 2.00 bits per heavy atom. The lowest BCUT2D eigenvalue weighted by molar-refractivity contribution is -0.154. The number of carbonyl (C=O) groups is 2. The second-order valence-corrected chi connectivity index (χ2v) is 3.15. The van der Waals surface area contributed by atoms with Crippen LogP contribution in [-0.4, -0.2) is 28.0 Å². The molecule has 5 heteroatoms. The molecule has 0 saturated carbocycles. The minimum atomic E-state index is -1.27. The highest BCUT2D eigenvalue weighted by Crippen LogP contribution is 2.10. The predicted octanol–water partition coefficient (Wildman–Crippen LogP) is 1.57. The van der Waals surface area contributed by atoms with Crippen molar-refractivity contribution in [1.29, 1.82) is 0 Å². The van der Waals surface area contributed by atoms with Crippen LogP contribution in [0.4, 0.5) is 0 Å². The van der Waals surface area contributed by atoms with E-state index in [9.17, 15) is 9.59 Å². The molecule has 0 unspecified atom stereocenters. The summed E-state index contributed by atoms with van der Waals surface area (Å²) in [4.78, 5) is 20.8. The molecule has 0 bridgehead atoms. The Morgan fingerprint density at radius 2 is 1.62 bits per heavy atom. The lowest BCUT2D eigenvalue weighted by atomic mass is 10.0. The molecule has 76 valence electrons. The van der Waals surface area contributed by atoms with Gasteiger partial charge in [-0.2, -0.15) is 0 Å². The zero-order chi connectivity index (χ0) is 10.3. The molecule has 0 amide bonds. The van der Waals surface area contributed by atoms with Crippen LogP contribution in [0.5, 0.6) is 0 Å². The Balaban J connectivity index is 3.71. The first-order chi connectivity index (χ1) is 6.09. The number of hydrogen-bond donors (Lipinski definition) is 2. The number of aliphatic carboxylic acids is 2. The molecule has 0 radical (unpaired) electrons. The second-order valence-electron chi connectivity index (χ2n) is 2.77. The molecule has 0 spiro atoms. The van der Waals surface area contributed by atoms with Crippen LogP contribution in [0.3, 0.4) is 0 Å². The van der Waals surface area contributed by atoms with Gasteiger partial charge in [0.1, 0.15) is 0 Å². The summed E-state index contributed by atoms with van der Waals surface area (Å²) in [6, 6.07) is 0. The van der Waals surface area contributed by atoms with Gasteiger partial charge >= 0.3 is 11.9 Å². The lowest BCUT2D eigenvalue weighted by Gasteiger charge is -2.05. The fraction of sp³-hybridized carbons (Fsp3) is 0.750. The fourth-order valence-electron chi connectivity index (χ4n) is 0.972. The normalized spacial score (nSPS) is 10.3. The van der Waals surface area contributed by atoms with Crippen LogP contribution in [0.25, 0.3) is 0 Å². The number of carboxylic acids is 2. The third-order valence-electron chi connectivity index (χ3n) is 1.72. The number of alkyl halides is 1. The summed E-state index contributed by atoms with van der Waals surface area (Å²) >= 11 is 5.41. The molecule has 0 aliphatic rings. The smallest absolute Gasteiger partial charge is 0.317 e. The fourth-order valence-corrected chi connectivity index (χ4v) is 1.16. The van der Waals surface area contributed by atoms with Gasteiger partial charge in [0.15, 0.2) is 5.92 Å². The Labute approximate surface area is 81.5 Å². The third-order valence-corrected chi connectivity index (χ3v) is 1.99. The number of halogens is 1. The topological polar surface area (TPSA) is 74.6 Å². The number of rotatable bonds is 7. The molecule has 0 aromatic heterocycles. The van der Waals surface area contributed by atoms with Crippen LogP contribution < -0.4 is 0 Å². The molecular weight excluding hydrogens is 196 g/mol. The van der Waals surface area contributed by atoms with E-state index < -0.39 is 17.9 Å². The lowest BCUT2D eigenvalue weighted by Crippen LogP contribution is -2.23. The van der Waals surface area contributed by atoms with Crippen molar-refractivity contribution in [1.82, 2.24) is 0 Å². The Morgan fingerprint density at radius 1 is 1.08 bits per heavy atom. The Hall–Kier alpha value is -0.770. The van der Waals surface area contributed by atoms with E-state index in [2.05, 4.69) is 0 Å². The standard InChI is InChI=1S/C8H13ClO4/c9-5-3-1-2-4-6(7(10)11)8(12)13/h6H,1-5H2,(H,10,11)(H,12,13). The SMILES string of the molecule is O=C(O)C(CCCCCCl)C(=O)O. The van der Waals surface area contributed by atoms with Crippen LogP contribution in [0.1, 0.15) is 25.7 Å². The van der Waals surface area contributed by atoms with Crippen molar-refractivity contribution in [2.24, 2.45) is 5.92 Å². The molecule has 0 heterocycles. The van der Waals surface area contributed by atoms with Crippen molar-refractivity contribution >= 4 is 23.5 Å². The molecule has 2 N–H and O–H groups in total. The predicted molar refractivity (Wildman–Crippen MR) is 47.9 cm³/mol. The summed E-state index contributed by atoms with van der Waals surface area (Å²) in [5, 5.41) is 17.0. The van der Waals surface area contributed by atoms with Gasteiger partial charge in [-0.15, -0.1) is 11.6 Å². The molecule has 0 saturated heterocycles. The summed E-state index contributed by atoms with van der Waals surface area (Å²) in [6.45, 7) is 0. The first-order valence-corrected chi connectivity index (χ1v) is 4.64. The molecule has 0 aromatic carbocycles. The van der Waals surface area contributed by atoms with E-state index in [1.54, 1.807) is 0 Å². The van der Waals surface area contributed by atoms with E-state index in [0.29, 0.717) is 12.3 Å². The number of hydrogen-bond acceptors (Lipinski definition) is 2. The van der Waals surface area contributed by atoms with E-state index in [1.165, 1.54) is 0 Å². The van der Waals surface area contributed by atoms with Crippen molar-refractivity contribution in [2.75, 3.05) is 5.88 Å². The van der Waals surface area contributed by atoms with Gasteiger partial charge in [-0.25, -0.2) is 0 Å². The van der Waals surface area contributed by atoms with Crippen molar-refractivity contribution in [3.05, 3.63) is 0 Å². The molecular formula is C8H13ClO4. The maximum Gasteiger partial charge on any atom is 0.317 e. The second kappa shape index (κ2) is 6.71. The van der Waals surface area contributed by atoms with E-state index in [0.717, 1.165) is 12.8 Å². The van der Waals surface area contributed by atoms with Gasteiger partial charge in [-0.3, -0.25) is 9.59 Å². The minimum Gasteiger partial charge on any atom is -0.481 e. The van der Waals surface area contributed by atoms with Crippen LogP contribution in [0, 0.1) is 5.92 Å². The van der Waals surface area contributed by atoms with Crippen molar-refractivity contribution < 1.29 is 19.8 Å². The Bertz CT molecular complexity index is 167. The van der Waals surface area contributed by atoms with Crippen LogP contribution in [0.2, 0.25) is 0 Å². The highest BCUT2D eigenvalue weighted by molar-refractivity contribution is 6.17. The molecule has 0 aliphatic heterocycles. The van der Waals surface area contributed by atoms with E-state index in [-0.39, 0.29) is 6.42 Å². The van der Waals surface area contributed by atoms with Gasteiger partial charge in [-0.1, -0.05) is 12.8 Å². The summed E-state index contributed by atoms with van der Waals surface area (Å²) < 4.78 is 0. The first-order valence-electron chi connectivity index (χ1n) is 4.11. The van der Waals surface area contributed by atoms with Crippen molar-refractivity contribution in [3.8, 4) is 0 Å². The Kier molecular flexibility index (Phi) is 6.32. The molecule has 0 atom stereocenters. The largest absolute Gasteiger partial charge is 0.481 e.